The Balaban J connectivity index is 1.57. The van der Waals surface area contributed by atoms with Crippen molar-refractivity contribution in [1.29, 1.82) is 0 Å². The Hall–Kier alpha value is -3.54. The van der Waals surface area contributed by atoms with Crippen molar-refractivity contribution in [2.24, 2.45) is 0 Å². The third-order valence-corrected chi connectivity index (χ3v) is 6.86. The van der Waals surface area contributed by atoms with Crippen LogP contribution in [0, 0.1) is 24.3 Å². The van der Waals surface area contributed by atoms with Crippen LogP contribution in [-0.4, -0.2) is 9.13 Å². The Morgan fingerprint density at radius 1 is 0.656 bits per heavy atom. The maximum Gasteiger partial charge on any atom is 0.247 e. The molecule has 0 radical (unpaired) electrons. The summed E-state index contributed by atoms with van der Waals surface area (Å²) in [7, 11) is 0. The van der Waals surface area contributed by atoms with Crippen molar-refractivity contribution in [2.75, 3.05) is 0 Å². The number of nitrogens with zero attached hydrogens (tertiary/aromatic N) is 4. The van der Waals surface area contributed by atoms with Crippen LogP contribution >= 0.6 is 0 Å². The molecule has 164 valence electrons. The summed E-state index contributed by atoms with van der Waals surface area (Å²) >= 11 is 0. The SMILES string of the molecule is Cc1c(-c2ccccc2)[n+]([O-])cn1[C@H]1CCCC[C@@H]1n1c[n+]([O-])c(-c2ccccc2)c1C. The quantitative estimate of drug-likeness (QED) is 0.344. The Morgan fingerprint density at radius 3 is 1.41 bits per heavy atom. The molecule has 2 heterocycles. The van der Waals surface area contributed by atoms with Crippen molar-refractivity contribution in [1.82, 2.24) is 9.13 Å². The summed E-state index contributed by atoms with van der Waals surface area (Å²) < 4.78 is 6.25. The number of rotatable bonds is 4. The molecule has 0 saturated heterocycles. The molecule has 0 N–H and O–H groups in total. The highest BCUT2D eigenvalue weighted by Crippen LogP contribution is 2.40. The molecule has 4 aromatic rings. The van der Waals surface area contributed by atoms with Crippen LogP contribution in [0.3, 0.4) is 0 Å². The Labute approximate surface area is 188 Å². The van der Waals surface area contributed by atoms with Crippen molar-refractivity contribution in [3.8, 4) is 22.5 Å². The van der Waals surface area contributed by atoms with Gasteiger partial charge in [-0.1, -0.05) is 60.7 Å². The monoisotopic (exact) mass is 428 g/mol. The fourth-order valence-corrected chi connectivity index (χ4v) is 5.35. The number of benzene rings is 2. The van der Waals surface area contributed by atoms with Gasteiger partial charge in [-0.05, 0) is 25.7 Å². The Kier molecular flexibility index (Phi) is 5.21. The summed E-state index contributed by atoms with van der Waals surface area (Å²) in [5.74, 6) is 0. The van der Waals surface area contributed by atoms with E-state index >= 15 is 0 Å². The van der Waals surface area contributed by atoms with Crippen LogP contribution in [-0.2, 0) is 0 Å². The van der Waals surface area contributed by atoms with Gasteiger partial charge in [0, 0.05) is 25.0 Å². The molecule has 2 aromatic heterocycles. The average molecular weight is 429 g/mol. The first-order chi connectivity index (χ1) is 15.6. The van der Waals surface area contributed by atoms with Gasteiger partial charge < -0.3 is 10.4 Å². The van der Waals surface area contributed by atoms with E-state index in [2.05, 4.69) is 9.13 Å². The molecular formula is C26H28N4O2. The molecule has 0 bridgehead atoms. The fraction of sp³-hybridized carbons (Fsp3) is 0.308. The predicted molar refractivity (Wildman–Crippen MR) is 124 cm³/mol. The standard InChI is InChI=1S/C26H28N4O2/c1-19-25(21-11-5-3-6-12-21)29(31)17-27(19)23-15-9-10-16-24(23)28-18-30(32)26(20(28)2)22-13-7-4-8-14-22/h3-8,11-14,17-18,23-24H,9-10,15-16H2,1-2H3/t23-,24-/m0/s1. The van der Waals surface area contributed by atoms with Crippen LogP contribution < -0.4 is 9.46 Å². The van der Waals surface area contributed by atoms with E-state index in [0.717, 1.165) is 57.7 Å². The lowest BCUT2D eigenvalue weighted by Gasteiger charge is -2.28. The highest BCUT2D eigenvalue weighted by Gasteiger charge is 2.39. The van der Waals surface area contributed by atoms with Crippen LogP contribution in [0.2, 0.25) is 0 Å². The zero-order valence-corrected chi connectivity index (χ0v) is 18.5. The first-order valence-corrected chi connectivity index (χ1v) is 11.3. The Morgan fingerprint density at radius 2 is 1.03 bits per heavy atom. The predicted octanol–water partition coefficient (Wildman–Crippen LogP) is 4.86. The van der Waals surface area contributed by atoms with Crippen molar-refractivity contribution in [3.63, 3.8) is 0 Å². The molecule has 1 fully saturated rings. The topological polar surface area (TPSA) is 63.7 Å². The van der Waals surface area contributed by atoms with Crippen molar-refractivity contribution < 1.29 is 9.46 Å². The van der Waals surface area contributed by atoms with E-state index in [4.69, 9.17) is 0 Å². The molecule has 0 aliphatic heterocycles. The first-order valence-electron chi connectivity index (χ1n) is 11.3. The summed E-state index contributed by atoms with van der Waals surface area (Å²) in [4.78, 5) is 0. The molecule has 2 atom stereocenters. The molecule has 32 heavy (non-hydrogen) atoms. The number of hydrogen-bond donors (Lipinski definition) is 0. The lowest BCUT2D eigenvalue weighted by atomic mass is 9.89. The van der Waals surface area contributed by atoms with Gasteiger partial charge in [-0.2, -0.15) is 0 Å². The van der Waals surface area contributed by atoms with Crippen LogP contribution in [0.4, 0.5) is 0 Å². The Bertz CT molecular complexity index is 1130. The molecule has 6 nitrogen and oxygen atoms in total. The third kappa shape index (κ3) is 3.36. The lowest BCUT2D eigenvalue weighted by molar-refractivity contribution is -0.594. The normalized spacial score (nSPS) is 18.7. The number of hydrogen-bond acceptors (Lipinski definition) is 2. The van der Waals surface area contributed by atoms with Gasteiger partial charge in [0.2, 0.25) is 12.7 Å². The fourth-order valence-electron chi connectivity index (χ4n) is 5.35. The van der Waals surface area contributed by atoms with Gasteiger partial charge >= 0.3 is 0 Å². The van der Waals surface area contributed by atoms with Gasteiger partial charge in [0.25, 0.3) is 0 Å². The van der Waals surface area contributed by atoms with E-state index in [1.54, 1.807) is 12.7 Å². The largest absolute Gasteiger partial charge is 0.710 e. The smallest absolute Gasteiger partial charge is 0.247 e. The van der Waals surface area contributed by atoms with Crippen LogP contribution in [0.1, 0.15) is 49.2 Å². The van der Waals surface area contributed by atoms with Gasteiger partial charge in [0.05, 0.1) is 0 Å². The van der Waals surface area contributed by atoms with Crippen LogP contribution in [0.25, 0.3) is 22.5 Å². The number of imidazole rings is 2. The molecule has 0 amide bonds. The van der Waals surface area contributed by atoms with Gasteiger partial charge in [-0.3, -0.25) is 0 Å². The van der Waals surface area contributed by atoms with Crippen molar-refractivity contribution in [2.45, 2.75) is 51.6 Å². The number of aromatic nitrogens is 4. The lowest BCUT2D eigenvalue weighted by Crippen LogP contribution is -2.30. The second-order valence-electron chi connectivity index (χ2n) is 8.72. The van der Waals surface area contributed by atoms with E-state index in [1.807, 2.05) is 74.5 Å². The summed E-state index contributed by atoms with van der Waals surface area (Å²) in [5, 5.41) is 25.8. The van der Waals surface area contributed by atoms with Crippen molar-refractivity contribution in [3.05, 3.63) is 95.1 Å². The minimum absolute atomic E-state index is 0.121. The van der Waals surface area contributed by atoms with Gasteiger partial charge in [0.15, 0.2) is 11.4 Å². The molecule has 0 unspecified atom stereocenters. The van der Waals surface area contributed by atoms with Crippen molar-refractivity contribution >= 4 is 0 Å². The summed E-state index contributed by atoms with van der Waals surface area (Å²) in [6.07, 6.45) is 7.55. The maximum atomic E-state index is 12.9. The van der Waals surface area contributed by atoms with Gasteiger partial charge in [-0.15, -0.1) is 0 Å². The summed E-state index contributed by atoms with van der Waals surface area (Å²) in [6, 6.07) is 19.9. The second kappa shape index (κ2) is 8.19. The van der Waals surface area contributed by atoms with E-state index < -0.39 is 0 Å². The molecule has 1 saturated carbocycles. The molecule has 2 aromatic carbocycles. The van der Waals surface area contributed by atoms with E-state index in [0.29, 0.717) is 11.4 Å². The van der Waals surface area contributed by atoms with Crippen LogP contribution in [0.5, 0.6) is 0 Å². The zero-order valence-electron chi connectivity index (χ0n) is 18.5. The van der Waals surface area contributed by atoms with Crippen LogP contribution in [0.15, 0.2) is 73.3 Å². The van der Waals surface area contributed by atoms with E-state index in [9.17, 15) is 10.4 Å². The summed E-state index contributed by atoms with van der Waals surface area (Å²) in [5.41, 5.74) is 5.17. The second-order valence-corrected chi connectivity index (χ2v) is 8.72. The summed E-state index contributed by atoms with van der Waals surface area (Å²) in [6.45, 7) is 4.04. The average Bonchev–Trinajstić information content (AvgIpc) is 3.29. The minimum atomic E-state index is 0.121. The van der Waals surface area contributed by atoms with E-state index in [1.165, 1.54) is 0 Å². The highest BCUT2D eigenvalue weighted by molar-refractivity contribution is 5.59. The zero-order chi connectivity index (χ0) is 22.2. The minimum Gasteiger partial charge on any atom is -0.710 e. The van der Waals surface area contributed by atoms with E-state index in [-0.39, 0.29) is 12.1 Å². The van der Waals surface area contributed by atoms with Gasteiger partial charge in [-0.25, -0.2) is 18.6 Å². The molecule has 1 aliphatic carbocycles. The molecule has 6 heteroatoms. The molecular weight excluding hydrogens is 400 g/mol. The third-order valence-electron chi connectivity index (χ3n) is 6.86. The van der Waals surface area contributed by atoms with Gasteiger partial charge in [0.1, 0.15) is 23.5 Å². The first kappa shape index (κ1) is 20.4. The molecule has 5 rings (SSSR count). The maximum absolute atomic E-state index is 12.9. The molecule has 0 spiro atoms. The highest BCUT2D eigenvalue weighted by atomic mass is 16.5. The molecule has 1 aliphatic rings.